The van der Waals surface area contributed by atoms with E-state index in [-0.39, 0.29) is 6.10 Å². The molecule has 2 aromatic carbocycles. The van der Waals surface area contributed by atoms with Crippen LogP contribution in [-0.4, -0.2) is 41.9 Å². The number of aliphatic hydroxyl groups is 1. The van der Waals surface area contributed by atoms with Gasteiger partial charge in [-0.15, -0.1) is 0 Å². The predicted octanol–water partition coefficient (Wildman–Crippen LogP) is 3.89. The highest BCUT2D eigenvalue weighted by Gasteiger charge is 2.21. The summed E-state index contributed by atoms with van der Waals surface area (Å²) in [5, 5.41) is 10.7. The molecule has 140 valence electrons. The fraction of sp³-hybridized carbons (Fsp3) is 0.478. The second-order valence-electron chi connectivity index (χ2n) is 7.60. The van der Waals surface area contributed by atoms with E-state index in [1.165, 1.54) is 22.3 Å². The van der Waals surface area contributed by atoms with Crippen molar-refractivity contribution in [3.05, 3.63) is 70.8 Å². The molecule has 1 aliphatic rings. The summed E-state index contributed by atoms with van der Waals surface area (Å²) in [6, 6.07) is 16.9. The van der Waals surface area contributed by atoms with E-state index in [0.29, 0.717) is 19.1 Å². The van der Waals surface area contributed by atoms with Crippen molar-refractivity contribution < 1.29 is 9.84 Å². The summed E-state index contributed by atoms with van der Waals surface area (Å²) >= 11 is 0. The van der Waals surface area contributed by atoms with Gasteiger partial charge in [0.05, 0.1) is 12.2 Å². The lowest BCUT2D eigenvalue weighted by Crippen LogP contribution is -2.38. The number of rotatable bonds is 8. The average Bonchev–Trinajstić information content (AvgIpc) is 3.11. The first-order valence-corrected chi connectivity index (χ1v) is 9.72. The van der Waals surface area contributed by atoms with Gasteiger partial charge in [0.1, 0.15) is 0 Å². The molecule has 2 atom stereocenters. The Kier molecular flexibility index (Phi) is 6.84. The summed E-state index contributed by atoms with van der Waals surface area (Å²) in [5.41, 5.74) is 5.13. The normalized spacial score (nSPS) is 18.4. The summed E-state index contributed by atoms with van der Waals surface area (Å²) in [6.07, 6.45) is 2.89. The van der Waals surface area contributed by atoms with Crippen molar-refractivity contribution in [1.29, 1.82) is 0 Å². The van der Waals surface area contributed by atoms with Gasteiger partial charge in [-0.1, -0.05) is 54.1 Å². The Bertz CT molecular complexity index is 680. The molecular formula is C23H31NO2. The first kappa shape index (κ1) is 19.1. The minimum Gasteiger partial charge on any atom is -0.391 e. The molecule has 1 saturated heterocycles. The third kappa shape index (κ3) is 5.66. The highest BCUT2D eigenvalue weighted by atomic mass is 16.5. The van der Waals surface area contributed by atoms with E-state index in [4.69, 9.17) is 4.74 Å². The molecule has 3 heteroatoms. The maximum absolute atomic E-state index is 10.7. The fourth-order valence-corrected chi connectivity index (χ4v) is 3.79. The number of hydrogen-bond acceptors (Lipinski definition) is 3. The summed E-state index contributed by atoms with van der Waals surface area (Å²) in [7, 11) is 0. The molecule has 1 N–H and O–H groups in total. The molecule has 0 amide bonds. The Hall–Kier alpha value is -1.68. The number of nitrogens with zero attached hydrogens (tertiary/aromatic N) is 1. The first-order chi connectivity index (χ1) is 12.6. The van der Waals surface area contributed by atoms with Gasteiger partial charge >= 0.3 is 0 Å². The lowest BCUT2D eigenvalue weighted by atomic mass is 10.0. The van der Waals surface area contributed by atoms with Crippen molar-refractivity contribution in [1.82, 2.24) is 4.90 Å². The molecule has 0 spiro atoms. The fourth-order valence-electron chi connectivity index (χ4n) is 3.79. The van der Waals surface area contributed by atoms with Crippen LogP contribution in [-0.2, 0) is 17.7 Å². The number of benzene rings is 2. The van der Waals surface area contributed by atoms with Gasteiger partial charge in [0.2, 0.25) is 0 Å². The highest BCUT2D eigenvalue weighted by molar-refractivity contribution is 5.30. The second kappa shape index (κ2) is 9.31. The van der Waals surface area contributed by atoms with Gasteiger partial charge in [-0.05, 0) is 49.8 Å². The summed E-state index contributed by atoms with van der Waals surface area (Å²) < 4.78 is 5.85. The molecule has 3 rings (SSSR count). The van der Waals surface area contributed by atoms with E-state index < -0.39 is 0 Å². The van der Waals surface area contributed by atoms with E-state index in [9.17, 15) is 5.11 Å². The highest BCUT2D eigenvalue weighted by Crippen LogP contribution is 2.18. The van der Waals surface area contributed by atoms with Crippen LogP contribution >= 0.6 is 0 Å². The van der Waals surface area contributed by atoms with Crippen LogP contribution in [0, 0.1) is 13.8 Å². The van der Waals surface area contributed by atoms with E-state index in [1.54, 1.807) is 0 Å². The number of aryl methyl sites for hydroxylation is 2. The van der Waals surface area contributed by atoms with Crippen LogP contribution in [0.1, 0.15) is 35.1 Å². The van der Waals surface area contributed by atoms with Gasteiger partial charge in [0, 0.05) is 26.2 Å². The summed E-state index contributed by atoms with van der Waals surface area (Å²) in [6.45, 7) is 7.59. The summed E-state index contributed by atoms with van der Waals surface area (Å²) in [5.74, 6) is 0. The molecule has 1 aliphatic heterocycles. The lowest BCUT2D eigenvalue weighted by Gasteiger charge is -2.28. The number of hydrogen-bond donors (Lipinski definition) is 1. The molecule has 26 heavy (non-hydrogen) atoms. The van der Waals surface area contributed by atoms with Crippen molar-refractivity contribution >= 4 is 0 Å². The van der Waals surface area contributed by atoms with Gasteiger partial charge in [-0.2, -0.15) is 0 Å². The quantitative estimate of drug-likeness (QED) is 0.781. The minimum absolute atomic E-state index is 0.296. The third-order valence-corrected chi connectivity index (χ3v) is 5.16. The third-order valence-electron chi connectivity index (χ3n) is 5.16. The van der Waals surface area contributed by atoms with Gasteiger partial charge in [0.25, 0.3) is 0 Å². The zero-order valence-electron chi connectivity index (χ0n) is 16.0. The molecule has 0 radical (unpaired) electrons. The lowest BCUT2D eigenvalue weighted by molar-refractivity contribution is 0.0464. The predicted molar refractivity (Wildman–Crippen MR) is 106 cm³/mol. The second-order valence-corrected chi connectivity index (χ2v) is 7.60. The van der Waals surface area contributed by atoms with Crippen molar-refractivity contribution in [2.75, 3.05) is 19.7 Å². The Morgan fingerprint density at radius 1 is 1.15 bits per heavy atom. The smallest absolute Gasteiger partial charge is 0.0707 e. The number of aliphatic hydroxyl groups excluding tert-OH is 1. The van der Waals surface area contributed by atoms with E-state index >= 15 is 0 Å². The Morgan fingerprint density at radius 3 is 2.65 bits per heavy atom. The molecule has 1 heterocycles. The Labute approximate surface area is 157 Å². The van der Waals surface area contributed by atoms with Crippen LogP contribution < -0.4 is 0 Å². The van der Waals surface area contributed by atoms with Crippen LogP contribution in [0.5, 0.6) is 0 Å². The van der Waals surface area contributed by atoms with Crippen LogP contribution in [0.25, 0.3) is 0 Å². The Balaban J connectivity index is 1.65. The van der Waals surface area contributed by atoms with Crippen molar-refractivity contribution in [2.45, 2.75) is 51.9 Å². The SMILES string of the molecule is Cc1ccc(CN(CC(O)Cc2ccccc2)CC2CCCO2)c(C)c1. The average molecular weight is 354 g/mol. The molecule has 3 nitrogen and oxygen atoms in total. The zero-order valence-corrected chi connectivity index (χ0v) is 16.0. The Morgan fingerprint density at radius 2 is 1.96 bits per heavy atom. The van der Waals surface area contributed by atoms with E-state index in [0.717, 1.165) is 32.5 Å². The largest absolute Gasteiger partial charge is 0.391 e. The topological polar surface area (TPSA) is 32.7 Å². The molecule has 0 aliphatic carbocycles. The minimum atomic E-state index is -0.371. The number of ether oxygens (including phenoxy) is 1. The molecule has 0 aromatic heterocycles. The molecule has 0 bridgehead atoms. The van der Waals surface area contributed by atoms with Crippen LogP contribution in [0.4, 0.5) is 0 Å². The van der Waals surface area contributed by atoms with E-state index in [2.05, 4.69) is 49.1 Å². The van der Waals surface area contributed by atoms with Crippen LogP contribution in [0.2, 0.25) is 0 Å². The van der Waals surface area contributed by atoms with Gasteiger partial charge in [-0.3, -0.25) is 4.90 Å². The van der Waals surface area contributed by atoms with Crippen molar-refractivity contribution in [3.8, 4) is 0 Å². The monoisotopic (exact) mass is 353 g/mol. The molecular weight excluding hydrogens is 322 g/mol. The molecule has 2 aromatic rings. The van der Waals surface area contributed by atoms with Crippen molar-refractivity contribution in [3.63, 3.8) is 0 Å². The summed E-state index contributed by atoms with van der Waals surface area (Å²) in [4.78, 5) is 2.36. The standard InChI is InChI=1S/C23H31NO2/c1-18-10-11-21(19(2)13-18)15-24(17-23-9-6-12-26-23)16-22(25)14-20-7-4-3-5-8-20/h3-5,7-8,10-11,13,22-23,25H,6,9,12,14-17H2,1-2H3. The van der Waals surface area contributed by atoms with Gasteiger partial charge < -0.3 is 9.84 Å². The van der Waals surface area contributed by atoms with Crippen LogP contribution in [0.3, 0.4) is 0 Å². The maximum Gasteiger partial charge on any atom is 0.0707 e. The molecule has 2 unspecified atom stereocenters. The molecule has 0 saturated carbocycles. The molecule has 1 fully saturated rings. The van der Waals surface area contributed by atoms with Gasteiger partial charge in [0.15, 0.2) is 0 Å². The van der Waals surface area contributed by atoms with Crippen LogP contribution in [0.15, 0.2) is 48.5 Å². The van der Waals surface area contributed by atoms with E-state index in [1.807, 2.05) is 18.2 Å². The first-order valence-electron chi connectivity index (χ1n) is 9.72. The van der Waals surface area contributed by atoms with Crippen molar-refractivity contribution in [2.24, 2.45) is 0 Å². The van der Waals surface area contributed by atoms with Gasteiger partial charge in [-0.25, -0.2) is 0 Å². The maximum atomic E-state index is 10.7. The zero-order chi connectivity index (χ0) is 18.4.